The Morgan fingerprint density at radius 1 is 1.19 bits per heavy atom. The van der Waals surface area contributed by atoms with E-state index in [-0.39, 0.29) is 0 Å². The third-order valence-electron chi connectivity index (χ3n) is 4.54. The average molecular weight is 224 g/mol. The maximum Gasteiger partial charge on any atom is 0.0218 e. The molecule has 2 atom stereocenters. The number of hydrogen-bond acceptors (Lipinski definition) is 2. The minimum Gasteiger partial charge on any atom is -0.313 e. The molecule has 2 nitrogen and oxygen atoms in total. The van der Waals surface area contributed by atoms with Crippen LogP contribution >= 0.6 is 0 Å². The van der Waals surface area contributed by atoms with E-state index in [0.29, 0.717) is 0 Å². The summed E-state index contributed by atoms with van der Waals surface area (Å²) in [5, 5.41) is 3.74. The molecule has 2 heteroatoms. The molecular formula is C14H28N2. The minimum atomic E-state index is 0.720. The van der Waals surface area contributed by atoms with E-state index in [1.54, 1.807) is 0 Å². The lowest BCUT2D eigenvalue weighted by molar-refractivity contribution is 0.285. The standard InChI is InChI=1S/C14H28N2/c1-12(10-13-6-3-4-7-13)15-11-14-8-5-9-16(14)2/h12-15H,3-11H2,1-2H3. The van der Waals surface area contributed by atoms with Gasteiger partial charge in [0.15, 0.2) is 0 Å². The van der Waals surface area contributed by atoms with Gasteiger partial charge in [-0.05, 0) is 45.7 Å². The molecule has 0 aromatic rings. The molecular weight excluding hydrogens is 196 g/mol. The fourth-order valence-corrected chi connectivity index (χ4v) is 3.40. The highest BCUT2D eigenvalue weighted by atomic mass is 15.2. The second-order valence-corrected chi connectivity index (χ2v) is 5.97. The zero-order chi connectivity index (χ0) is 11.4. The predicted molar refractivity (Wildman–Crippen MR) is 69.7 cm³/mol. The highest BCUT2D eigenvalue weighted by Gasteiger charge is 2.22. The van der Waals surface area contributed by atoms with Crippen molar-refractivity contribution in [3.63, 3.8) is 0 Å². The molecule has 1 heterocycles. The molecule has 1 aliphatic carbocycles. The molecule has 2 fully saturated rings. The van der Waals surface area contributed by atoms with Gasteiger partial charge in [-0.25, -0.2) is 0 Å². The molecule has 16 heavy (non-hydrogen) atoms. The predicted octanol–water partition coefficient (Wildman–Crippen LogP) is 2.64. The second kappa shape index (κ2) is 6.02. The van der Waals surface area contributed by atoms with Crippen molar-refractivity contribution < 1.29 is 0 Å². The number of nitrogens with zero attached hydrogens (tertiary/aromatic N) is 1. The average Bonchev–Trinajstić information content (AvgIpc) is 2.87. The summed E-state index contributed by atoms with van der Waals surface area (Å²) in [4.78, 5) is 2.51. The maximum absolute atomic E-state index is 3.74. The molecule has 0 amide bonds. The van der Waals surface area contributed by atoms with E-state index in [1.165, 1.54) is 58.0 Å². The summed E-state index contributed by atoms with van der Waals surface area (Å²) in [7, 11) is 2.26. The van der Waals surface area contributed by atoms with Crippen LogP contribution in [0, 0.1) is 5.92 Å². The number of hydrogen-bond donors (Lipinski definition) is 1. The molecule has 94 valence electrons. The van der Waals surface area contributed by atoms with E-state index >= 15 is 0 Å². The first-order valence-corrected chi connectivity index (χ1v) is 7.19. The first-order valence-electron chi connectivity index (χ1n) is 7.19. The summed E-state index contributed by atoms with van der Waals surface area (Å²) in [5.41, 5.74) is 0. The van der Waals surface area contributed by atoms with Gasteiger partial charge in [0.05, 0.1) is 0 Å². The van der Waals surface area contributed by atoms with Gasteiger partial charge in [-0.2, -0.15) is 0 Å². The Kier molecular flexibility index (Phi) is 4.66. The first kappa shape index (κ1) is 12.4. The molecule has 0 aromatic carbocycles. The summed E-state index contributed by atoms with van der Waals surface area (Å²) >= 11 is 0. The van der Waals surface area contributed by atoms with E-state index < -0.39 is 0 Å². The fourth-order valence-electron chi connectivity index (χ4n) is 3.40. The van der Waals surface area contributed by atoms with E-state index in [9.17, 15) is 0 Å². The Hall–Kier alpha value is -0.0800. The Morgan fingerprint density at radius 3 is 2.56 bits per heavy atom. The van der Waals surface area contributed by atoms with Crippen molar-refractivity contribution in [2.45, 2.75) is 64.0 Å². The molecule has 0 aromatic heterocycles. The fraction of sp³-hybridized carbons (Fsp3) is 1.00. The quantitative estimate of drug-likeness (QED) is 0.772. The Labute approximate surface area is 101 Å². The van der Waals surface area contributed by atoms with Crippen LogP contribution in [0.5, 0.6) is 0 Å². The SMILES string of the molecule is CC(CC1CCCC1)NCC1CCCN1C. The van der Waals surface area contributed by atoms with Gasteiger partial charge in [0, 0.05) is 18.6 Å². The molecule has 2 unspecified atom stereocenters. The van der Waals surface area contributed by atoms with Crippen molar-refractivity contribution in [2.24, 2.45) is 5.92 Å². The van der Waals surface area contributed by atoms with Crippen LogP contribution in [0.4, 0.5) is 0 Å². The summed E-state index contributed by atoms with van der Waals surface area (Å²) in [6.45, 7) is 4.86. The van der Waals surface area contributed by atoms with Crippen LogP contribution in [-0.2, 0) is 0 Å². The lowest BCUT2D eigenvalue weighted by Crippen LogP contribution is -2.39. The molecule has 0 radical (unpaired) electrons. The maximum atomic E-state index is 3.74. The van der Waals surface area contributed by atoms with E-state index in [2.05, 4.69) is 24.2 Å². The van der Waals surface area contributed by atoms with Crippen molar-refractivity contribution >= 4 is 0 Å². The first-order chi connectivity index (χ1) is 7.75. The molecule has 2 aliphatic rings. The van der Waals surface area contributed by atoms with Crippen molar-refractivity contribution in [2.75, 3.05) is 20.1 Å². The molecule has 1 aliphatic heterocycles. The highest BCUT2D eigenvalue weighted by molar-refractivity contribution is 4.80. The molecule has 1 N–H and O–H groups in total. The van der Waals surface area contributed by atoms with Gasteiger partial charge in [-0.3, -0.25) is 0 Å². The summed E-state index contributed by atoms with van der Waals surface area (Å²) in [5.74, 6) is 1.02. The van der Waals surface area contributed by atoms with Gasteiger partial charge in [0.25, 0.3) is 0 Å². The molecule has 0 bridgehead atoms. The van der Waals surface area contributed by atoms with Crippen LogP contribution in [0.2, 0.25) is 0 Å². The largest absolute Gasteiger partial charge is 0.313 e. The normalized spacial score (nSPS) is 30.0. The Bertz CT molecular complexity index is 199. The van der Waals surface area contributed by atoms with Gasteiger partial charge in [0.2, 0.25) is 0 Å². The summed E-state index contributed by atoms with van der Waals surface area (Å²) in [6, 6.07) is 1.52. The van der Waals surface area contributed by atoms with E-state index in [1.807, 2.05) is 0 Å². The molecule has 1 saturated carbocycles. The van der Waals surface area contributed by atoms with Crippen molar-refractivity contribution in [1.82, 2.24) is 10.2 Å². The zero-order valence-corrected chi connectivity index (χ0v) is 11.0. The highest BCUT2D eigenvalue weighted by Crippen LogP contribution is 2.28. The van der Waals surface area contributed by atoms with Crippen LogP contribution in [0.15, 0.2) is 0 Å². The number of nitrogens with one attached hydrogen (secondary N) is 1. The van der Waals surface area contributed by atoms with Gasteiger partial charge < -0.3 is 10.2 Å². The number of likely N-dealkylation sites (N-methyl/N-ethyl adjacent to an activating group) is 1. The Morgan fingerprint density at radius 2 is 1.94 bits per heavy atom. The summed E-state index contributed by atoms with van der Waals surface area (Å²) in [6.07, 6.45) is 10.1. The molecule has 0 spiro atoms. The third kappa shape index (κ3) is 3.46. The number of likely N-dealkylation sites (tertiary alicyclic amines) is 1. The van der Waals surface area contributed by atoms with Gasteiger partial charge in [0.1, 0.15) is 0 Å². The van der Waals surface area contributed by atoms with Crippen LogP contribution < -0.4 is 5.32 Å². The smallest absolute Gasteiger partial charge is 0.0218 e. The summed E-state index contributed by atoms with van der Waals surface area (Å²) < 4.78 is 0. The minimum absolute atomic E-state index is 0.720. The van der Waals surface area contributed by atoms with Crippen molar-refractivity contribution in [3.8, 4) is 0 Å². The van der Waals surface area contributed by atoms with Gasteiger partial charge >= 0.3 is 0 Å². The molecule has 1 saturated heterocycles. The van der Waals surface area contributed by atoms with Gasteiger partial charge in [-0.1, -0.05) is 25.7 Å². The zero-order valence-electron chi connectivity index (χ0n) is 11.0. The lowest BCUT2D eigenvalue weighted by atomic mass is 9.99. The van der Waals surface area contributed by atoms with Crippen LogP contribution in [0.1, 0.15) is 51.9 Å². The van der Waals surface area contributed by atoms with Crippen molar-refractivity contribution in [3.05, 3.63) is 0 Å². The monoisotopic (exact) mass is 224 g/mol. The van der Waals surface area contributed by atoms with E-state index in [4.69, 9.17) is 0 Å². The van der Waals surface area contributed by atoms with E-state index in [0.717, 1.165) is 18.0 Å². The van der Waals surface area contributed by atoms with Crippen LogP contribution in [0.25, 0.3) is 0 Å². The second-order valence-electron chi connectivity index (χ2n) is 5.97. The Balaban J connectivity index is 1.61. The van der Waals surface area contributed by atoms with Crippen LogP contribution in [0.3, 0.4) is 0 Å². The number of rotatable bonds is 5. The topological polar surface area (TPSA) is 15.3 Å². The van der Waals surface area contributed by atoms with Gasteiger partial charge in [-0.15, -0.1) is 0 Å². The molecule has 2 rings (SSSR count). The third-order valence-corrected chi connectivity index (χ3v) is 4.54. The van der Waals surface area contributed by atoms with Crippen LogP contribution in [-0.4, -0.2) is 37.1 Å². The lowest BCUT2D eigenvalue weighted by Gasteiger charge is -2.24. The van der Waals surface area contributed by atoms with Crippen molar-refractivity contribution in [1.29, 1.82) is 0 Å².